The van der Waals surface area contributed by atoms with Crippen LogP contribution in [-0.4, -0.2) is 4.89 Å². The minimum atomic E-state index is -4.32. The molecule has 5 aromatic rings. The summed E-state index contributed by atoms with van der Waals surface area (Å²) in [6, 6.07) is 43.1. The molecule has 0 fully saturated rings. The van der Waals surface area contributed by atoms with Crippen molar-refractivity contribution in [3.8, 4) is 22.6 Å². The summed E-state index contributed by atoms with van der Waals surface area (Å²) in [7, 11) is -4.32. The van der Waals surface area contributed by atoms with Gasteiger partial charge < -0.3 is 9.05 Å². The Morgan fingerprint density at radius 1 is 0.541 bits per heavy atom. The number of hydrogen-bond acceptors (Lipinski definition) is 3. The third kappa shape index (κ3) is 6.77. The Bertz CT molecular complexity index is 1490. The minimum absolute atomic E-state index is 0.260. The predicted molar refractivity (Wildman–Crippen MR) is 148 cm³/mol. The number of phosphoric acid groups is 1. The average molecular weight is 507 g/mol. The largest absolute Gasteiger partial charge is 0.584 e. The lowest BCUT2D eigenvalue weighted by Gasteiger charge is -2.15. The van der Waals surface area contributed by atoms with Gasteiger partial charge in [-0.25, -0.2) is 4.57 Å². The van der Waals surface area contributed by atoms with Crippen molar-refractivity contribution >= 4 is 7.82 Å². The number of hydrogen-bond donors (Lipinski definition) is 1. The fourth-order valence-corrected chi connectivity index (χ4v) is 5.11. The molecular formula is C32H27O4P. The van der Waals surface area contributed by atoms with Gasteiger partial charge in [0.05, 0.1) is 0 Å². The quantitative estimate of drug-likeness (QED) is 0.205. The second-order valence-electron chi connectivity index (χ2n) is 8.80. The molecule has 0 heterocycles. The molecule has 184 valence electrons. The molecule has 0 saturated carbocycles. The summed E-state index contributed by atoms with van der Waals surface area (Å²) in [4.78, 5) is 10.2. The summed E-state index contributed by atoms with van der Waals surface area (Å²) in [6.07, 6.45) is 1.66. The number of rotatable bonds is 9. The highest BCUT2D eigenvalue weighted by atomic mass is 31.2. The molecule has 0 amide bonds. The van der Waals surface area contributed by atoms with Crippen molar-refractivity contribution in [2.45, 2.75) is 12.8 Å². The van der Waals surface area contributed by atoms with Crippen LogP contribution in [-0.2, 0) is 17.4 Å². The summed E-state index contributed by atoms with van der Waals surface area (Å²) >= 11 is 0. The standard InChI is InChI=1S/C32H27O4P/c33-37(34,35-30-14-8-3-9-15-30)36-31-19-17-28(18-20-31)32-21-16-27(22-25-10-4-1-5-11-25)24-29(32)23-26-12-6-2-7-13-26/h1-21,24H,22-23H2,(H,33,34). The number of para-hydroxylation sites is 1. The lowest BCUT2D eigenvalue weighted by Crippen LogP contribution is -2.00. The normalized spacial score (nSPS) is 12.5. The van der Waals surface area contributed by atoms with Crippen LogP contribution in [0.15, 0.2) is 133 Å². The first kappa shape index (κ1) is 24.6. The molecule has 0 saturated heterocycles. The van der Waals surface area contributed by atoms with E-state index in [9.17, 15) is 9.46 Å². The molecule has 0 aliphatic carbocycles. The zero-order chi connectivity index (χ0) is 25.5. The number of benzene rings is 5. The SMILES string of the molecule is O=P(O)(Oc1ccccc1)Oc1ccc(-c2ccc(Cc3ccccc3)cc2Cc2ccccc2)cc1. The van der Waals surface area contributed by atoms with Gasteiger partial charge in [-0.05, 0) is 70.5 Å². The lowest BCUT2D eigenvalue weighted by molar-refractivity contribution is 0.291. The Morgan fingerprint density at radius 3 is 1.65 bits per heavy atom. The molecular weight excluding hydrogens is 479 g/mol. The molecule has 0 radical (unpaired) electrons. The fourth-order valence-electron chi connectivity index (χ4n) is 4.29. The van der Waals surface area contributed by atoms with Crippen LogP contribution >= 0.6 is 7.82 Å². The van der Waals surface area contributed by atoms with Crippen LogP contribution in [0.1, 0.15) is 22.3 Å². The highest BCUT2D eigenvalue weighted by Crippen LogP contribution is 2.44. The minimum Gasteiger partial charge on any atom is -0.395 e. The van der Waals surface area contributed by atoms with Crippen molar-refractivity contribution in [3.05, 3.63) is 156 Å². The van der Waals surface area contributed by atoms with Crippen molar-refractivity contribution in [3.63, 3.8) is 0 Å². The first-order valence-electron chi connectivity index (χ1n) is 12.1. The third-order valence-electron chi connectivity index (χ3n) is 6.01. The van der Waals surface area contributed by atoms with Gasteiger partial charge in [-0.15, -0.1) is 0 Å². The van der Waals surface area contributed by atoms with Gasteiger partial charge in [-0.2, -0.15) is 0 Å². The molecule has 0 bridgehead atoms. The topological polar surface area (TPSA) is 55.8 Å². The molecule has 5 heteroatoms. The van der Waals surface area contributed by atoms with Gasteiger partial charge >= 0.3 is 7.82 Å². The third-order valence-corrected chi connectivity index (χ3v) is 6.89. The summed E-state index contributed by atoms with van der Waals surface area (Å²) < 4.78 is 22.9. The van der Waals surface area contributed by atoms with E-state index in [1.165, 1.54) is 22.3 Å². The van der Waals surface area contributed by atoms with Crippen LogP contribution in [0.3, 0.4) is 0 Å². The molecule has 1 N–H and O–H groups in total. The van der Waals surface area contributed by atoms with E-state index in [4.69, 9.17) is 9.05 Å². The van der Waals surface area contributed by atoms with Crippen LogP contribution in [0.4, 0.5) is 0 Å². The van der Waals surface area contributed by atoms with Crippen molar-refractivity contribution in [1.82, 2.24) is 0 Å². The Labute approximate surface area is 217 Å². The maximum absolute atomic E-state index is 12.5. The van der Waals surface area contributed by atoms with Gasteiger partial charge in [0.15, 0.2) is 0 Å². The highest BCUT2D eigenvalue weighted by Gasteiger charge is 2.25. The maximum atomic E-state index is 12.5. The zero-order valence-corrected chi connectivity index (χ0v) is 21.1. The zero-order valence-electron chi connectivity index (χ0n) is 20.2. The first-order valence-corrected chi connectivity index (χ1v) is 13.6. The predicted octanol–water partition coefficient (Wildman–Crippen LogP) is 8.09. The Morgan fingerprint density at radius 2 is 1.05 bits per heavy atom. The fraction of sp³-hybridized carbons (Fsp3) is 0.0625. The lowest BCUT2D eigenvalue weighted by atomic mass is 9.91. The van der Waals surface area contributed by atoms with E-state index in [0.717, 1.165) is 24.0 Å². The molecule has 0 aliphatic heterocycles. The summed E-state index contributed by atoms with van der Waals surface area (Å²) in [5.41, 5.74) is 7.09. The van der Waals surface area contributed by atoms with E-state index in [0.29, 0.717) is 0 Å². The second-order valence-corrected chi connectivity index (χ2v) is 10.1. The van der Waals surface area contributed by atoms with Crippen LogP contribution in [0, 0.1) is 0 Å². The van der Waals surface area contributed by atoms with Gasteiger partial charge in [0.1, 0.15) is 11.5 Å². The summed E-state index contributed by atoms with van der Waals surface area (Å²) in [5, 5.41) is 0. The second kappa shape index (κ2) is 11.3. The van der Waals surface area contributed by atoms with E-state index in [1.807, 2.05) is 24.3 Å². The van der Waals surface area contributed by atoms with E-state index in [-0.39, 0.29) is 11.5 Å². The van der Waals surface area contributed by atoms with Crippen molar-refractivity contribution < 1.29 is 18.5 Å². The van der Waals surface area contributed by atoms with Crippen LogP contribution in [0.2, 0.25) is 0 Å². The molecule has 37 heavy (non-hydrogen) atoms. The Balaban J connectivity index is 1.39. The molecule has 4 nitrogen and oxygen atoms in total. The molecule has 0 aliphatic rings. The molecule has 0 spiro atoms. The van der Waals surface area contributed by atoms with Gasteiger partial charge in [0.25, 0.3) is 0 Å². The van der Waals surface area contributed by atoms with E-state index in [1.54, 1.807) is 42.5 Å². The summed E-state index contributed by atoms with van der Waals surface area (Å²) in [5.74, 6) is 0.530. The van der Waals surface area contributed by atoms with Crippen molar-refractivity contribution in [2.75, 3.05) is 0 Å². The summed E-state index contributed by atoms with van der Waals surface area (Å²) in [6.45, 7) is 0. The molecule has 0 aromatic heterocycles. The smallest absolute Gasteiger partial charge is 0.395 e. The van der Waals surface area contributed by atoms with E-state index < -0.39 is 7.82 Å². The highest BCUT2D eigenvalue weighted by molar-refractivity contribution is 7.48. The van der Waals surface area contributed by atoms with Crippen molar-refractivity contribution in [1.29, 1.82) is 0 Å². The monoisotopic (exact) mass is 506 g/mol. The van der Waals surface area contributed by atoms with E-state index >= 15 is 0 Å². The van der Waals surface area contributed by atoms with Crippen molar-refractivity contribution in [2.24, 2.45) is 0 Å². The number of phosphoric ester groups is 1. The van der Waals surface area contributed by atoms with Gasteiger partial charge in [-0.3, -0.25) is 4.89 Å². The average Bonchev–Trinajstić information content (AvgIpc) is 2.91. The maximum Gasteiger partial charge on any atom is 0.584 e. The molecule has 1 atom stereocenters. The van der Waals surface area contributed by atoms with Gasteiger partial charge in [0, 0.05) is 0 Å². The molecule has 1 unspecified atom stereocenters. The van der Waals surface area contributed by atoms with Crippen LogP contribution in [0.25, 0.3) is 11.1 Å². The van der Waals surface area contributed by atoms with E-state index in [2.05, 4.69) is 66.7 Å². The molecule has 5 rings (SSSR count). The molecule has 5 aromatic carbocycles. The van der Waals surface area contributed by atoms with Crippen LogP contribution in [0.5, 0.6) is 11.5 Å². The van der Waals surface area contributed by atoms with Crippen LogP contribution < -0.4 is 9.05 Å². The Hall–Kier alpha value is -4.11. The Kier molecular flexibility index (Phi) is 7.51. The van der Waals surface area contributed by atoms with Gasteiger partial charge in [0.2, 0.25) is 0 Å². The van der Waals surface area contributed by atoms with Gasteiger partial charge in [-0.1, -0.05) is 109 Å². The first-order chi connectivity index (χ1) is 18.0.